The van der Waals surface area contributed by atoms with Gasteiger partial charge in [0.2, 0.25) is 5.91 Å². The average molecular weight is 328 g/mol. The highest BCUT2D eigenvalue weighted by Gasteiger charge is 2.25. The van der Waals surface area contributed by atoms with Gasteiger partial charge >= 0.3 is 0 Å². The third kappa shape index (κ3) is 4.29. The quantitative estimate of drug-likeness (QED) is 0.870. The number of nitrogens with zero attached hydrogens (tertiary/aromatic N) is 2. The van der Waals surface area contributed by atoms with Gasteiger partial charge in [-0.25, -0.2) is 4.39 Å². The molecule has 1 amide bonds. The molecule has 5 nitrogen and oxygen atoms in total. The Kier molecular flexibility index (Phi) is 5.38. The van der Waals surface area contributed by atoms with Crippen LogP contribution in [0.1, 0.15) is 5.56 Å². The Labute approximate surface area is 140 Å². The van der Waals surface area contributed by atoms with Crippen molar-refractivity contribution in [2.24, 2.45) is 0 Å². The van der Waals surface area contributed by atoms with Crippen LogP contribution < -0.4 is 15.5 Å². The number of anilines is 1. The molecule has 2 aromatic rings. The van der Waals surface area contributed by atoms with Crippen LogP contribution in [-0.4, -0.2) is 43.1 Å². The van der Waals surface area contributed by atoms with Crippen molar-refractivity contribution in [1.82, 2.24) is 15.6 Å². The Morgan fingerprint density at radius 3 is 2.75 bits per heavy atom. The van der Waals surface area contributed by atoms with Gasteiger partial charge in [-0.05, 0) is 48.4 Å². The SMILES string of the molecule is O=C(NCCc1ccncc1)C1CN(c2ccc(F)cc2)CCN1. The van der Waals surface area contributed by atoms with Gasteiger partial charge in [-0.1, -0.05) is 0 Å². The van der Waals surface area contributed by atoms with Crippen molar-refractivity contribution >= 4 is 11.6 Å². The molecule has 0 saturated carbocycles. The van der Waals surface area contributed by atoms with Crippen LogP contribution >= 0.6 is 0 Å². The van der Waals surface area contributed by atoms with Crippen molar-refractivity contribution in [3.05, 3.63) is 60.2 Å². The minimum Gasteiger partial charge on any atom is -0.368 e. The van der Waals surface area contributed by atoms with Gasteiger partial charge in [-0.3, -0.25) is 9.78 Å². The smallest absolute Gasteiger partial charge is 0.238 e. The monoisotopic (exact) mass is 328 g/mol. The molecule has 126 valence electrons. The summed E-state index contributed by atoms with van der Waals surface area (Å²) in [5.41, 5.74) is 2.09. The summed E-state index contributed by atoms with van der Waals surface area (Å²) in [6, 6.07) is 10.0. The number of nitrogens with one attached hydrogen (secondary N) is 2. The van der Waals surface area contributed by atoms with Crippen LogP contribution in [0.2, 0.25) is 0 Å². The molecule has 1 aliphatic rings. The predicted octanol–water partition coefficient (Wildman–Crippen LogP) is 1.36. The number of rotatable bonds is 5. The van der Waals surface area contributed by atoms with E-state index in [2.05, 4.69) is 20.5 Å². The summed E-state index contributed by atoms with van der Waals surface area (Å²) in [4.78, 5) is 18.4. The van der Waals surface area contributed by atoms with E-state index in [1.807, 2.05) is 12.1 Å². The largest absolute Gasteiger partial charge is 0.368 e. The van der Waals surface area contributed by atoms with Crippen LogP contribution in [0.4, 0.5) is 10.1 Å². The van der Waals surface area contributed by atoms with Crippen molar-refractivity contribution in [1.29, 1.82) is 0 Å². The molecule has 0 aliphatic carbocycles. The zero-order valence-electron chi connectivity index (χ0n) is 13.4. The Bertz CT molecular complexity index is 662. The number of hydrogen-bond acceptors (Lipinski definition) is 4. The topological polar surface area (TPSA) is 57.3 Å². The lowest BCUT2D eigenvalue weighted by Crippen LogP contribution is -2.57. The summed E-state index contributed by atoms with van der Waals surface area (Å²) in [6.45, 7) is 2.69. The molecule has 2 heterocycles. The molecule has 6 heteroatoms. The predicted molar refractivity (Wildman–Crippen MR) is 91.4 cm³/mol. The lowest BCUT2D eigenvalue weighted by molar-refractivity contribution is -0.123. The Hall–Kier alpha value is -2.47. The molecule has 1 atom stereocenters. The summed E-state index contributed by atoms with van der Waals surface area (Å²) in [6.07, 6.45) is 4.28. The maximum Gasteiger partial charge on any atom is 0.238 e. The van der Waals surface area contributed by atoms with E-state index in [9.17, 15) is 9.18 Å². The molecule has 24 heavy (non-hydrogen) atoms. The van der Waals surface area contributed by atoms with Crippen LogP contribution in [0, 0.1) is 5.82 Å². The number of carbonyl (C=O) groups is 1. The highest BCUT2D eigenvalue weighted by molar-refractivity contribution is 5.82. The van der Waals surface area contributed by atoms with Gasteiger partial charge in [0, 0.05) is 44.3 Å². The second-order valence-corrected chi connectivity index (χ2v) is 5.83. The fraction of sp³-hybridized carbons (Fsp3) is 0.333. The molecule has 1 aliphatic heterocycles. The lowest BCUT2D eigenvalue weighted by Gasteiger charge is -2.34. The van der Waals surface area contributed by atoms with Gasteiger partial charge in [-0.2, -0.15) is 0 Å². The van der Waals surface area contributed by atoms with E-state index >= 15 is 0 Å². The number of piperazine rings is 1. The van der Waals surface area contributed by atoms with Gasteiger partial charge in [0.05, 0.1) is 0 Å². The van der Waals surface area contributed by atoms with Gasteiger partial charge in [0.1, 0.15) is 11.9 Å². The van der Waals surface area contributed by atoms with Gasteiger partial charge < -0.3 is 15.5 Å². The normalized spacial score (nSPS) is 17.5. The fourth-order valence-corrected chi connectivity index (χ4v) is 2.81. The van der Waals surface area contributed by atoms with E-state index < -0.39 is 0 Å². The highest BCUT2D eigenvalue weighted by atomic mass is 19.1. The summed E-state index contributed by atoms with van der Waals surface area (Å²) in [5.74, 6) is -0.254. The average Bonchev–Trinajstić information content (AvgIpc) is 2.63. The summed E-state index contributed by atoms with van der Waals surface area (Å²) in [5, 5.41) is 6.21. The van der Waals surface area contributed by atoms with Crippen molar-refractivity contribution in [2.45, 2.75) is 12.5 Å². The molecule has 2 N–H and O–H groups in total. The lowest BCUT2D eigenvalue weighted by atomic mass is 10.1. The summed E-state index contributed by atoms with van der Waals surface area (Å²) in [7, 11) is 0. The van der Waals surface area contributed by atoms with Crippen LogP contribution in [0.25, 0.3) is 0 Å². The van der Waals surface area contributed by atoms with Crippen molar-refractivity contribution in [3.8, 4) is 0 Å². The molecule has 0 radical (unpaired) electrons. The number of benzene rings is 1. The molecule has 0 bridgehead atoms. The van der Waals surface area contributed by atoms with E-state index in [1.54, 1.807) is 24.5 Å². The van der Waals surface area contributed by atoms with Crippen LogP contribution in [-0.2, 0) is 11.2 Å². The maximum atomic E-state index is 13.0. The maximum absolute atomic E-state index is 13.0. The molecule has 1 fully saturated rings. The molecular formula is C18H21FN4O. The minimum atomic E-state index is -0.263. The summed E-state index contributed by atoms with van der Waals surface area (Å²) >= 11 is 0. The number of amides is 1. The Balaban J connectivity index is 1.50. The van der Waals surface area contributed by atoms with Gasteiger partial charge in [0.25, 0.3) is 0 Å². The molecule has 1 aromatic heterocycles. The molecule has 1 unspecified atom stereocenters. The number of halogens is 1. The first-order valence-corrected chi connectivity index (χ1v) is 8.13. The first kappa shape index (κ1) is 16.4. The number of aromatic nitrogens is 1. The molecule has 0 spiro atoms. The zero-order valence-corrected chi connectivity index (χ0v) is 13.4. The second-order valence-electron chi connectivity index (χ2n) is 5.83. The third-order valence-corrected chi connectivity index (χ3v) is 4.15. The molecule has 1 aromatic carbocycles. The highest BCUT2D eigenvalue weighted by Crippen LogP contribution is 2.16. The molecule has 1 saturated heterocycles. The number of carbonyl (C=O) groups excluding carboxylic acids is 1. The van der Waals surface area contributed by atoms with E-state index in [-0.39, 0.29) is 17.8 Å². The first-order valence-electron chi connectivity index (χ1n) is 8.13. The van der Waals surface area contributed by atoms with Crippen LogP contribution in [0.15, 0.2) is 48.8 Å². The van der Waals surface area contributed by atoms with Gasteiger partial charge in [0.15, 0.2) is 0 Å². The third-order valence-electron chi connectivity index (χ3n) is 4.15. The first-order chi connectivity index (χ1) is 11.7. The van der Waals surface area contributed by atoms with E-state index in [0.29, 0.717) is 13.1 Å². The van der Waals surface area contributed by atoms with E-state index in [1.165, 1.54) is 12.1 Å². The van der Waals surface area contributed by atoms with E-state index in [4.69, 9.17) is 0 Å². The number of hydrogen-bond donors (Lipinski definition) is 2. The van der Waals surface area contributed by atoms with Crippen molar-refractivity contribution in [2.75, 3.05) is 31.1 Å². The second kappa shape index (κ2) is 7.88. The standard InChI is InChI=1S/C18H21FN4O/c19-15-1-3-16(4-2-15)23-12-11-21-17(13-23)18(24)22-10-7-14-5-8-20-9-6-14/h1-6,8-9,17,21H,7,10-13H2,(H,22,24). The Morgan fingerprint density at radius 2 is 2.00 bits per heavy atom. The molecule has 3 rings (SSSR count). The zero-order chi connectivity index (χ0) is 16.8. The fourth-order valence-electron chi connectivity index (χ4n) is 2.81. The van der Waals surface area contributed by atoms with Crippen molar-refractivity contribution < 1.29 is 9.18 Å². The minimum absolute atomic E-state index is 0.00383. The van der Waals surface area contributed by atoms with Crippen LogP contribution in [0.3, 0.4) is 0 Å². The van der Waals surface area contributed by atoms with E-state index in [0.717, 1.165) is 30.8 Å². The molecular weight excluding hydrogens is 307 g/mol. The Morgan fingerprint density at radius 1 is 1.25 bits per heavy atom. The number of pyridine rings is 1. The van der Waals surface area contributed by atoms with Gasteiger partial charge in [-0.15, -0.1) is 0 Å². The summed E-state index contributed by atoms with van der Waals surface area (Å²) < 4.78 is 13.0. The van der Waals surface area contributed by atoms with Crippen LogP contribution in [0.5, 0.6) is 0 Å². The van der Waals surface area contributed by atoms with Crippen molar-refractivity contribution in [3.63, 3.8) is 0 Å².